The van der Waals surface area contributed by atoms with Crippen molar-refractivity contribution in [1.29, 1.82) is 0 Å². The number of halogens is 3. The Morgan fingerprint density at radius 1 is 1.18 bits per heavy atom. The summed E-state index contributed by atoms with van der Waals surface area (Å²) in [6.45, 7) is 7.07. The van der Waals surface area contributed by atoms with Crippen LogP contribution in [0.2, 0.25) is 0 Å². The number of nitrogens with zero attached hydrogens (tertiary/aromatic N) is 3. The summed E-state index contributed by atoms with van der Waals surface area (Å²) in [6.07, 6.45) is -4.31. The molecule has 1 aliphatic rings. The molecule has 1 saturated heterocycles. The highest BCUT2D eigenvalue weighted by molar-refractivity contribution is 7.89. The standard InChI is InChI=1S/C17H24F3N3O4S/c1-5-12-10-14(17(18,19)20)21-11-13(12)28(25,26)23-8-6-22(7-9-23)15(24)27-16(2,3)4/h10-11H,5-9H2,1-4H3. The Balaban J connectivity index is 2.18. The summed E-state index contributed by atoms with van der Waals surface area (Å²) in [5.74, 6) is 0. The molecule has 1 aliphatic heterocycles. The Bertz CT molecular complexity index is 827. The van der Waals surface area contributed by atoms with Gasteiger partial charge in [-0.25, -0.2) is 13.2 Å². The summed E-state index contributed by atoms with van der Waals surface area (Å²) in [4.78, 5) is 16.5. The van der Waals surface area contributed by atoms with Gasteiger partial charge in [0.2, 0.25) is 10.0 Å². The third-order valence-corrected chi connectivity index (χ3v) is 6.10. The van der Waals surface area contributed by atoms with Crippen LogP contribution in [-0.4, -0.2) is 60.5 Å². The minimum absolute atomic E-state index is 0.0196. The van der Waals surface area contributed by atoms with Crippen LogP contribution in [0.25, 0.3) is 0 Å². The maximum absolute atomic E-state index is 12.9. The predicted molar refractivity (Wildman–Crippen MR) is 95.2 cm³/mol. The third-order valence-electron chi connectivity index (χ3n) is 4.13. The lowest BCUT2D eigenvalue weighted by Crippen LogP contribution is -2.51. The zero-order chi connectivity index (χ0) is 21.3. The number of rotatable bonds is 3. The van der Waals surface area contributed by atoms with E-state index in [1.807, 2.05) is 0 Å². The first kappa shape index (κ1) is 22.4. The number of carbonyl (C=O) groups is 1. The van der Waals surface area contributed by atoms with Crippen LogP contribution in [0.5, 0.6) is 0 Å². The van der Waals surface area contributed by atoms with Gasteiger partial charge in [-0.05, 0) is 38.8 Å². The molecule has 2 rings (SSSR count). The second kappa shape index (κ2) is 7.86. The van der Waals surface area contributed by atoms with E-state index in [-0.39, 0.29) is 43.1 Å². The van der Waals surface area contributed by atoms with E-state index in [4.69, 9.17) is 4.74 Å². The molecule has 1 fully saturated rings. The molecule has 0 spiro atoms. The summed E-state index contributed by atoms with van der Waals surface area (Å²) >= 11 is 0. The first-order chi connectivity index (χ1) is 12.8. The van der Waals surface area contributed by atoms with Gasteiger partial charge in [-0.3, -0.25) is 4.98 Å². The second-order valence-corrected chi connectivity index (χ2v) is 9.31. The fraction of sp³-hybridized carbons (Fsp3) is 0.647. The second-order valence-electron chi connectivity index (χ2n) is 7.40. The van der Waals surface area contributed by atoms with E-state index in [1.54, 1.807) is 27.7 Å². The highest BCUT2D eigenvalue weighted by atomic mass is 32.2. The van der Waals surface area contributed by atoms with Crippen molar-refractivity contribution in [3.05, 3.63) is 23.5 Å². The van der Waals surface area contributed by atoms with E-state index in [0.29, 0.717) is 0 Å². The van der Waals surface area contributed by atoms with Crippen molar-refractivity contribution in [3.8, 4) is 0 Å². The van der Waals surface area contributed by atoms with Crippen molar-refractivity contribution in [1.82, 2.24) is 14.2 Å². The van der Waals surface area contributed by atoms with Crippen LogP contribution in [0, 0.1) is 0 Å². The third kappa shape index (κ3) is 5.13. The van der Waals surface area contributed by atoms with Gasteiger partial charge in [0, 0.05) is 32.4 Å². The number of piperazine rings is 1. The summed E-state index contributed by atoms with van der Waals surface area (Å²) in [5, 5.41) is 0. The number of aryl methyl sites for hydroxylation is 1. The van der Waals surface area contributed by atoms with Crippen molar-refractivity contribution in [3.63, 3.8) is 0 Å². The van der Waals surface area contributed by atoms with Gasteiger partial charge in [-0.2, -0.15) is 17.5 Å². The first-order valence-corrected chi connectivity index (χ1v) is 10.2. The Morgan fingerprint density at radius 3 is 2.21 bits per heavy atom. The van der Waals surface area contributed by atoms with Crippen molar-refractivity contribution in [2.75, 3.05) is 26.2 Å². The summed E-state index contributed by atoms with van der Waals surface area (Å²) in [7, 11) is -4.03. The monoisotopic (exact) mass is 423 g/mol. The Labute approximate surface area is 162 Å². The minimum Gasteiger partial charge on any atom is -0.444 e. The highest BCUT2D eigenvalue weighted by Crippen LogP contribution is 2.31. The van der Waals surface area contributed by atoms with Gasteiger partial charge in [0.05, 0.1) is 0 Å². The quantitative estimate of drug-likeness (QED) is 0.747. The van der Waals surface area contributed by atoms with Crippen molar-refractivity contribution in [2.45, 2.75) is 50.8 Å². The number of aromatic nitrogens is 1. The van der Waals surface area contributed by atoms with Crippen LogP contribution in [-0.2, 0) is 27.4 Å². The van der Waals surface area contributed by atoms with E-state index in [2.05, 4.69) is 4.98 Å². The Morgan fingerprint density at radius 2 is 1.75 bits per heavy atom. The maximum atomic E-state index is 12.9. The Kier molecular flexibility index (Phi) is 6.29. The molecule has 1 aromatic rings. The van der Waals surface area contributed by atoms with E-state index in [9.17, 15) is 26.4 Å². The molecule has 1 amide bonds. The zero-order valence-electron chi connectivity index (χ0n) is 16.2. The van der Waals surface area contributed by atoms with Gasteiger partial charge < -0.3 is 9.64 Å². The molecule has 0 N–H and O–H groups in total. The van der Waals surface area contributed by atoms with Crippen LogP contribution in [0.4, 0.5) is 18.0 Å². The van der Waals surface area contributed by atoms with Gasteiger partial charge in [0.15, 0.2) is 0 Å². The van der Waals surface area contributed by atoms with Crippen molar-refractivity contribution < 1.29 is 31.1 Å². The van der Waals surface area contributed by atoms with E-state index < -0.39 is 33.6 Å². The normalized spacial score (nSPS) is 16.9. The van der Waals surface area contributed by atoms with Gasteiger partial charge >= 0.3 is 12.3 Å². The highest BCUT2D eigenvalue weighted by Gasteiger charge is 2.36. The van der Waals surface area contributed by atoms with E-state index >= 15 is 0 Å². The molecule has 0 unspecified atom stereocenters. The number of amides is 1. The van der Waals surface area contributed by atoms with Crippen LogP contribution in [0.1, 0.15) is 39.0 Å². The first-order valence-electron chi connectivity index (χ1n) is 8.80. The molecule has 2 heterocycles. The summed E-state index contributed by atoms with van der Waals surface area (Å²) < 4.78 is 70.8. The molecule has 0 atom stereocenters. The number of hydrogen-bond acceptors (Lipinski definition) is 5. The number of alkyl halides is 3. The summed E-state index contributed by atoms with van der Waals surface area (Å²) in [5.41, 5.74) is -1.74. The van der Waals surface area contributed by atoms with E-state index in [0.717, 1.165) is 16.6 Å². The molecule has 0 aliphatic carbocycles. The average molecular weight is 423 g/mol. The Hall–Kier alpha value is -1.88. The largest absolute Gasteiger partial charge is 0.444 e. The topological polar surface area (TPSA) is 79.8 Å². The number of sulfonamides is 1. The van der Waals surface area contributed by atoms with Crippen LogP contribution in [0.15, 0.2) is 17.2 Å². The summed E-state index contributed by atoms with van der Waals surface area (Å²) in [6, 6.07) is 0.768. The molecule has 28 heavy (non-hydrogen) atoms. The molecule has 158 valence electrons. The average Bonchev–Trinajstić information content (AvgIpc) is 2.59. The van der Waals surface area contributed by atoms with Gasteiger partial charge in [0.1, 0.15) is 16.2 Å². The van der Waals surface area contributed by atoms with E-state index in [1.165, 1.54) is 4.90 Å². The van der Waals surface area contributed by atoms with Crippen LogP contribution in [0.3, 0.4) is 0 Å². The lowest BCUT2D eigenvalue weighted by Gasteiger charge is -2.35. The number of pyridine rings is 1. The van der Waals surface area contributed by atoms with Crippen LogP contribution >= 0.6 is 0 Å². The molecular weight excluding hydrogens is 399 g/mol. The van der Waals surface area contributed by atoms with Crippen molar-refractivity contribution >= 4 is 16.1 Å². The fourth-order valence-electron chi connectivity index (χ4n) is 2.72. The molecule has 1 aromatic heterocycles. The maximum Gasteiger partial charge on any atom is 0.433 e. The molecule has 0 radical (unpaired) electrons. The molecule has 0 aromatic carbocycles. The molecule has 11 heteroatoms. The van der Waals surface area contributed by atoms with Gasteiger partial charge in [0.25, 0.3) is 0 Å². The van der Waals surface area contributed by atoms with Gasteiger partial charge in [-0.1, -0.05) is 6.92 Å². The van der Waals surface area contributed by atoms with Crippen molar-refractivity contribution in [2.24, 2.45) is 0 Å². The SMILES string of the molecule is CCc1cc(C(F)(F)F)ncc1S(=O)(=O)N1CCN(C(=O)OC(C)(C)C)CC1. The molecule has 0 bridgehead atoms. The minimum atomic E-state index is -4.65. The lowest BCUT2D eigenvalue weighted by atomic mass is 10.2. The molecule has 0 saturated carbocycles. The number of carbonyl (C=O) groups excluding carboxylic acids is 1. The fourth-order valence-corrected chi connectivity index (χ4v) is 4.37. The molecular formula is C17H24F3N3O4S. The smallest absolute Gasteiger partial charge is 0.433 e. The number of ether oxygens (including phenoxy) is 1. The zero-order valence-corrected chi connectivity index (χ0v) is 17.0. The molecule has 7 nitrogen and oxygen atoms in total. The predicted octanol–water partition coefficient (Wildman–Crippen LogP) is 2.90. The van der Waals surface area contributed by atoms with Gasteiger partial charge in [-0.15, -0.1) is 0 Å². The number of hydrogen-bond donors (Lipinski definition) is 0. The van der Waals surface area contributed by atoms with Crippen LogP contribution < -0.4 is 0 Å². The lowest BCUT2D eigenvalue weighted by molar-refractivity contribution is -0.141.